The summed E-state index contributed by atoms with van der Waals surface area (Å²) < 4.78 is 5.45. The van der Waals surface area contributed by atoms with E-state index in [9.17, 15) is 0 Å². The fourth-order valence-corrected chi connectivity index (χ4v) is 2.60. The highest BCUT2D eigenvalue weighted by molar-refractivity contribution is 5.27. The molecule has 0 spiro atoms. The van der Waals surface area contributed by atoms with E-state index in [1.165, 1.54) is 31.2 Å². The third kappa shape index (κ3) is 4.02. The first kappa shape index (κ1) is 13.4. The molecule has 0 atom stereocenters. The maximum absolute atomic E-state index is 5.45. The van der Waals surface area contributed by atoms with Gasteiger partial charge >= 0.3 is 0 Å². The van der Waals surface area contributed by atoms with E-state index in [2.05, 4.69) is 36.5 Å². The Morgan fingerprint density at radius 1 is 1.11 bits per heavy atom. The van der Waals surface area contributed by atoms with E-state index in [4.69, 9.17) is 4.74 Å². The molecule has 1 N–H and O–H groups in total. The van der Waals surface area contributed by atoms with Crippen molar-refractivity contribution in [1.29, 1.82) is 0 Å². The van der Waals surface area contributed by atoms with Gasteiger partial charge in [0.1, 0.15) is 5.75 Å². The Kier molecular flexibility index (Phi) is 5.06. The van der Waals surface area contributed by atoms with Crippen LogP contribution in [0, 0.1) is 5.92 Å². The van der Waals surface area contributed by atoms with Gasteiger partial charge < -0.3 is 10.1 Å². The highest BCUT2D eigenvalue weighted by atomic mass is 16.5. The van der Waals surface area contributed by atoms with Crippen LogP contribution in [0.3, 0.4) is 0 Å². The molecule has 2 rings (SSSR count). The van der Waals surface area contributed by atoms with Crippen molar-refractivity contribution in [3.05, 3.63) is 29.8 Å². The van der Waals surface area contributed by atoms with E-state index in [0.717, 1.165) is 24.8 Å². The summed E-state index contributed by atoms with van der Waals surface area (Å²) in [4.78, 5) is 0. The Balaban J connectivity index is 1.76. The lowest BCUT2D eigenvalue weighted by Crippen LogP contribution is -2.32. The van der Waals surface area contributed by atoms with Gasteiger partial charge in [0.2, 0.25) is 0 Å². The smallest absolute Gasteiger partial charge is 0.119 e. The lowest BCUT2D eigenvalue weighted by Gasteiger charge is -2.27. The maximum Gasteiger partial charge on any atom is 0.119 e. The van der Waals surface area contributed by atoms with Crippen molar-refractivity contribution in [3.8, 4) is 5.75 Å². The summed E-state index contributed by atoms with van der Waals surface area (Å²) in [7, 11) is 0. The van der Waals surface area contributed by atoms with Gasteiger partial charge in [-0.15, -0.1) is 0 Å². The first-order valence-corrected chi connectivity index (χ1v) is 7.23. The molecule has 2 heteroatoms. The van der Waals surface area contributed by atoms with Gasteiger partial charge in [0.25, 0.3) is 0 Å². The Hall–Kier alpha value is -1.02. The first-order valence-electron chi connectivity index (χ1n) is 7.23. The number of nitrogens with one attached hydrogen (secondary N) is 1. The second-order valence-electron chi connectivity index (χ2n) is 5.41. The van der Waals surface area contributed by atoms with Crippen LogP contribution in [-0.4, -0.2) is 12.6 Å². The van der Waals surface area contributed by atoms with Crippen LogP contribution in [0.1, 0.15) is 45.1 Å². The van der Waals surface area contributed by atoms with Crippen LogP contribution < -0.4 is 10.1 Å². The molecule has 1 aliphatic rings. The molecule has 1 fully saturated rings. The quantitative estimate of drug-likeness (QED) is 0.855. The van der Waals surface area contributed by atoms with E-state index in [0.29, 0.717) is 6.04 Å². The molecule has 0 bridgehead atoms. The summed E-state index contributed by atoms with van der Waals surface area (Å²) >= 11 is 0. The average molecular weight is 247 g/mol. The molecule has 2 nitrogen and oxygen atoms in total. The predicted octanol–water partition coefficient (Wildman–Crippen LogP) is 3.75. The third-order valence-corrected chi connectivity index (χ3v) is 3.85. The average Bonchev–Trinajstić information content (AvgIpc) is 2.40. The largest absolute Gasteiger partial charge is 0.494 e. The van der Waals surface area contributed by atoms with Crippen LogP contribution in [0.5, 0.6) is 5.75 Å². The molecule has 1 saturated carbocycles. The maximum atomic E-state index is 5.45. The van der Waals surface area contributed by atoms with Gasteiger partial charge in [0.15, 0.2) is 0 Å². The van der Waals surface area contributed by atoms with Gasteiger partial charge in [-0.05, 0) is 56.2 Å². The molecule has 0 heterocycles. The molecule has 0 radical (unpaired) electrons. The van der Waals surface area contributed by atoms with Gasteiger partial charge in [-0.3, -0.25) is 0 Å². The van der Waals surface area contributed by atoms with Gasteiger partial charge in [0, 0.05) is 12.6 Å². The van der Waals surface area contributed by atoms with Crippen LogP contribution in [0.2, 0.25) is 0 Å². The number of rotatable bonds is 5. The molecule has 1 aromatic carbocycles. The standard InChI is InChI=1S/C16H25NO/c1-3-18-16-10-6-14(7-11-16)12-17-15-8-4-13(2)5-9-15/h6-7,10-11,13,15,17H,3-5,8-9,12H2,1-2H3. The minimum atomic E-state index is 0.716. The molecule has 1 aliphatic carbocycles. The lowest BCUT2D eigenvalue weighted by atomic mass is 9.87. The molecule has 0 unspecified atom stereocenters. The molecule has 0 aromatic heterocycles. The van der Waals surface area contributed by atoms with Gasteiger partial charge in [-0.1, -0.05) is 19.1 Å². The van der Waals surface area contributed by atoms with Crippen molar-refractivity contribution in [3.63, 3.8) is 0 Å². The SMILES string of the molecule is CCOc1ccc(CNC2CCC(C)CC2)cc1. The van der Waals surface area contributed by atoms with E-state index in [1.807, 2.05) is 6.92 Å². The van der Waals surface area contributed by atoms with Crippen molar-refractivity contribution in [2.75, 3.05) is 6.61 Å². The second kappa shape index (κ2) is 6.79. The summed E-state index contributed by atoms with van der Waals surface area (Å²) in [6, 6.07) is 9.15. The van der Waals surface area contributed by atoms with Crippen LogP contribution in [0.25, 0.3) is 0 Å². The van der Waals surface area contributed by atoms with E-state index < -0.39 is 0 Å². The van der Waals surface area contributed by atoms with Crippen LogP contribution >= 0.6 is 0 Å². The lowest BCUT2D eigenvalue weighted by molar-refractivity contribution is 0.306. The molecular formula is C16H25NO. The number of ether oxygens (including phenoxy) is 1. The highest BCUT2D eigenvalue weighted by Gasteiger charge is 2.17. The van der Waals surface area contributed by atoms with E-state index in [1.54, 1.807) is 0 Å². The van der Waals surface area contributed by atoms with E-state index in [-0.39, 0.29) is 0 Å². The summed E-state index contributed by atoms with van der Waals surface area (Å²) in [5.41, 5.74) is 1.34. The predicted molar refractivity (Wildman–Crippen MR) is 75.9 cm³/mol. The van der Waals surface area contributed by atoms with Gasteiger partial charge in [0.05, 0.1) is 6.61 Å². The zero-order valence-corrected chi connectivity index (χ0v) is 11.6. The molecule has 0 aliphatic heterocycles. The monoisotopic (exact) mass is 247 g/mol. The van der Waals surface area contributed by atoms with Crippen LogP contribution in [0.15, 0.2) is 24.3 Å². The zero-order valence-electron chi connectivity index (χ0n) is 11.6. The Morgan fingerprint density at radius 2 is 1.78 bits per heavy atom. The number of hydrogen-bond donors (Lipinski definition) is 1. The summed E-state index contributed by atoms with van der Waals surface area (Å²) in [6.07, 6.45) is 5.41. The molecule has 0 saturated heterocycles. The number of benzene rings is 1. The first-order chi connectivity index (χ1) is 8.78. The Labute approximate surface area is 111 Å². The van der Waals surface area contributed by atoms with Gasteiger partial charge in [-0.2, -0.15) is 0 Å². The minimum Gasteiger partial charge on any atom is -0.494 e. The fourth-order valence-electron chi connectivity index (χ4n) is 2.60. The zero-order chi connectivity index (χ0) is 12.8. The van der Waals surface area contributed by atoms with Crippen molar-refractivity contribution in [2.45, 2.75) is 52.1 Å². The van der Waals surface area contributed by atoms with Crippen LogP contribution in [-0.2, 0) is 6.54 Å². The summed E-state index contributed by atoms with van der Waals surface area (Å²) in [5, 5.41) is 3.67. The fraction of sp³-hybridized carbons (Fsp3) is 0.625. The molecule has 1 aromatic rings. The Bertz CT molecular complexity index is 339. The normalized spacial score (nSPS) is 23.9. The summed E-state index contributed by atoms with van der Waals surface area (Å²) in [6.45, 7) is 6.09. The van der Waals surface area contributed by atoms with Crippen LogP contribution in [0.4, 0.5) is 0 Å². The van der Waals surface area contributed by atoms with Crippen molar-refractivity contribution >= 4 is 0 Å². The molecule has 0 amide bonds. The Morgan fingerprint density at radius 3 is 2.39 bits per heavy atom. The molecule has 100 valence electrons. The topological polar surface area (TPSA) is 21.3 Å². The van der Waals surface area contributed by atoms with Crippen molar-refractivity contribution in [2.24, 2.45) is 5.92 Å². The van der Waals surface area contributed by atoms with Gasteiger partial charge in [-0.25, -0.2) is 0 Å². The number of hydrogen-bond acceptors (Lipinski definition) is 2. The van der Waals surface area contributed by atoms with E-state index >= 15 is 0 Å². The molecule has 18 heavy (non-hydrogen) atoms. The minimum absolute atomic E-state index is 0.716. The second-order valence-corrected chi connectivity index (χ2v) is 5.41. The summed E-state index contributed by atoms with van der Waals surface area (Å²) in [5.74, 6) is 1.89. The highest BCUT2D eigenvalue weighted by Crippen LogP contribution is 2.23. The van der Waals surface area contributed by atoms with Crippen molar-refractivity contribution < 1.29 is 4.74 Å². The van der Waals surface area contributed by atoms with Crippen molar-refractivity contribution in [1.82, 2.24) is 5.32 Å². The molecular weight excluding hydrogens is 222 g/mol. The third-order valence-electron chi connectivity index (χ3n) is 3.85.